The molecule has 5 nitrogen and oxygen atoms in total. The molecule has 1 aromatic rings. The van der Waals surface area contributed by atoms with E-state index >= 15 is 0 Å². The summed E-state index contributed by atoms with van der Waals surface area (Å²) >= 11 is 5.80. The fraction of sp³-hybridized carbons (Fsp3) is 0.286. The van der Waals surface area contributed by atoms with Crippen molar-refractivity contribution in [1.29, 1.82) is 0 Å². The lowest BCUT2D eigenvalue weighted by Crippen LogP contribution is -2.20. The molecule has 6 heteroatoms. The van der Waals surface area contributed by atoms with E-state index in [9.17, 15) is 9.59 Å². The van der Waals surface area contributed by atoms with Gasteiger partial charge in [0.1, 0.15) is 0 Å². The summed E-state index contributed by atoms with van der Waals surface area (Å²) in [5.41, 5.74) is 0.807. The first-order chi connectivity index (χ1) is 9.58. The van der Waals surface area contributed by atoms with Crippen LogP contribution >= 0.6 is 11.6 Å². The molecular formula is C14H16ClNO4. The highest BCUT2D eigenvalue weighted by Gasteiger charge is 2.14. The molecule has 0 saturated carbocycles. The summed E-state index contributed by atoms with van der Waals surface area (Å²) in [7, 11) is 0. The third-order valence-electron chi connectivity index (χ3n) is 2.26. The zero-order valence-electron chi connectivity index (χ0n) is 11.3. The van der Waals surface area contributed by atoms with Gasteiger partial charge in [0.15, 0.2) is 0 Å². The standard InChI is InChI=1S/C14H16ClNO4/c1-3-19-13(17)12(9-16-14(18)20-4-2)10-5-7-11(15)8-6-10/h5-9H,3-4H2,1-2H3,(H,16,18). The van der Waals surface area contributed by atoms with Gasteiger partial charge < -0.3 is 9.47 Å². The van der Waals surface area contributed by atoms with Gasteiger partial charge in [0, 0.05) is 11.2 Å². The molecule has 0 bridgehead atoms. The predicted molar refractivity (Wildman–Crippen MR) is 76.2 cm³/mol. The van der Waals surface area contributed by atoms with Gasteiger partial charge >= 0.3 is 12.1 Å². The summed E-state index contributed by atoms with van der Waals surface area (Å²) in [5.74, 6) is -0.536. The topological polar surface area (TPSA) is 64.6 Å². The second-order valence-corrected chi connectivity index (χ2v) is 4.09. The molecule has 20 heavy (non-hydrogen) atoms. The van der Waals surface area contributed by atoms with Gasteiger partial charge in [0.25, 0.3) is 0 Å². The van der Waals surface area contributed by atoms with Crippen LogP contribution in [0.15, 0.2) is 30.5 Å². The summed E-state index contributed by atoms with van der Waals surface area (Å²) in [6.07, 6.45) is 0.627. The zero-order chi connectivity index (χ0) is 15.0. The fourth-order valence-electron chi connectivity index (χ4n) is 1.40. The average Bonchev–Trinajstić information content (AvgIpc) is 2.41. The molecule has 0 aliphatic rings. The number of carbonyl (C=O) groups is 2. The average molecular weight is 298 g/mol. The Labute approximate surface area is 122 Å². The minimum Gasteiger partial charge on any atom is -0.462 e. The summed E-state index contributed by atoms with van der Waals surface area (Å²) < 4.78 is 9.67. The lowest BCUT2D eigenvalue weighted by atomic mass is 10.1. The van der Waals surface area contributed by atoms with E-state index in [1.807, 2.05) is 0 Å². The molecule has 0 fully saturated rings. The summed E-state index contributed by atoms with van der Waals surface area (Å²) in [6.45, 7) is 3.88. The van der Waals surface area contributed by atoms with Gasteiger partial charge in [-0.25, -0.2) is 9.59 Å². The van der Waals surface area contributed by atoms with E-state index in [4.69, 9.17) is 21.1 Å². The Kier molecular flexibility index (Phi) is 6.59. The van der Waals surface area contributed by atoms with Crippen molar-refractivity contribution in [3.8, 4) is 0 Å². The molecule has 1 aromatic carbocycles. The lowest BCUT2D eigenvalue weighted by molar-refractivity contribution is -0.136. The molecule has 0 aromatic heterocycles. The number of hydrogen-bond acceptors (Lipinski definition) is 4. The van der Waals surface area contributed by atoms with Crippen LogP contribution in [0.1, 0.15) is 19.4 Å². The van der Waals surface area contributed by atoms with Gasteiger partial charge in [-0.3, -0.25) is 5.32 Å². The zero-order valence-corrected chi connectivity index (χ0v) is 12.1. The molecule has 0 aliphatic heterocycles. The molecule has 1 amide bonds. The smallest absolute Gasteiger partial charge is 0.411 e. The predicted octanol–water partition coefficient (Wildman–Crippen LogP) is 2.99. The second kappa shape index (κ2) is 8.22. The van der Waals surface area contributed by atoms with Crippen molar-refractivity contribution in [1.82, 2.24) is 5.32 Å². The molecule has 0 saturated heterocycles. The third kappa shape index (κ3) is 4.93. The SMILES string of the molecule is CCOC(=O)NC=C(C(=O)OCC)c1ccc(Cl)cc1. The van der Waals surface area contributed by atoms with Crippen molar-refractivity contribution in [2.45, 2.75) is 13.8 Å². The normalized spacial score (nSPS) is 10.8. The van der Waals surface area contributed by atoms with Crippen LogP contribution in [0.4, 0.5) is 4.79 Å². The van der Waals surface area contributed by atoms with Gasteiger partial charge in [-0.05, 0) is 31.5 Å². The Morgan fingerprint density at radius 2 is 1.75 bits per heavy atom. The maximum Gasteiger partial charge on any atom is 0.411 e. The van der Waals surface area contributed by atoms with E-state index in [-0.39, 0.29) is 18.8 Å². The molecule has 1 rings (SSSR count). The van der Waals surface area contributed by atoms with Gasteiger partial charge in [-0.15, -0.1) is 0 Å². The van der Waals surface area contributed by atoms with Crippen molar-refractivity contribution in [2.75, 3.05) is 13.2 Å². The van der Waals surface area contributed by atoms with Gasteiger partial charge in [-0.2, -0.15) is 0 Å². The molecule has 1 N–H and O–H groups in total. The number of carbonyl (C=O) groups excluding carboxylic acids is 2. The van der Waals surface area contributed by atoms with Crippen LogP contribution in [0.5, 0.6) is 0 Å². The highest BCUT2D eigenvalue weighted by atomic mass is 35.5. The Hall–Kier alpha value is -2.01. The first-order valence-electron chi connectivity index (χ1n) is 6.15. The Morgan fingerprint density at radius 3 is 2.30 bits per heavy atom. The van der Waals surface area contributed by atoms with Crippen LogP contribution in [0.3, 0.4) is 0 Å². The van der Waals surface area contributed by atoms with E-state index in [2.05, 4.69) is 5.32 Å². The molecular weight excluding hydrogens is 282 g/mol. The maximum atomic E-state index is 11.9. The van der Waals surface area contributed by atoms with Crippen LogP contribution < -0.4 is 5.32 Å². The van der Waals surface area contributed by atoms with E-state index in [0.717, 1.165) is 0 Å². The van der Waals surface area contributed by atoms with E-state index in [1.54, 1.807) is 38.1 Å². The Balaban J connectivity index is 2.96. The minimum absolute atomic E-state index is 0.219. The van der Waals surface area contributed by atoms with Gasteiger partial charge in [0.05, 0.1) is 18.8 Å². The van der Waals surface area contributed by atoms with E-state index in [0.29, 0.717) is 10.6 Å². The van der Waals surface area contributed by atoms with E-state index in [1.165, 1.54) is 6.20 Å². The van der Waals surface area contributed by atoms with E-state index < -0.39 is 12.1 Å². The number of amides is 1. The fourth-order valence-corrected chi connectivity index (χ4v) is 1.53. The van der Waals surface area contributed by atoms with Crippen LogP contribution in [-0.2, 0) is 14.3 Å². The number of nitrogens with one attached hydrogen (secondary N) is 1. The molecule has 0 unspecified atom stereocenters. The molecule has 0 radical (unpaired) electrons. The van der Waals surface area contributed by atoms with Crippen molar-refractivity contribution < 1.29 is 19.1 Å². The molecule has 0 atom stereocenters. The summed E-state index contributed by atoms with van der Waals surface area (Å²) in [6, 6.07) is 6.62. The minimum atomic E-state index is -0.636. The number of rotatable bonds is 5. The van der Waals surface area contributed by atoms with Crippen molar-refractivity contribution in [2.24, 2.45) is 0 Å². The van der Waals surface area contributed by atoms with Crippen LogP contribution in [0, 0.1) is 0 Å². The molecule has 0 heterocycles. The summed E-state index contributed by atoms with van der Waals surface area (Å²) in [4.78, 5) is 23.1. The first-order valence-corrected chi connectivity index (χ1v) is 6.52. The van der Waals surface area contributed by atoms with Crippen LogP contribution in [-0.4, -0.2) is 25.3 Å². The van der Waals surface area contributed by atoms with Gasteiger partial charge in [0.2, 0.25) is 0 Å². The second-order valence-electron chi connectivity index (χ2n) is 3.65. The number of halogens is 1. The monoisotopic (exact) mass is 297 g/mol. The van der Waals surface area contributed by atoms with Crippen molar-refractivity contribution >= 4 is 29.2 Å². The number of alkyl carbamates (subject to hydrolysis) is 1. The van der Waals surface area contributed by atoms with Gasteiger partial charge in [-0.1, -0.05) is 23.7 Å². The van der Waals surface area contributed by atoms with Crippen LogP contribution in [0.2, 0.25) is 5.02 Å². The number of benzene rings is 1. The number of esters is 1. The van der Waals surface area contributed by atoms with Crippen LogP contribution in [0.25, 0.3) is 5.57 Å². The van der Waals surface area contributed by atoms with Crippen molar-refractivity contribution in [3.63, 3.8) is 0 Å². The molecule has 0 aliphatic carbocycles. The first kappa shape index (κ1) is 16.0. The highest BCUT2D eigenvalue weighted by molar-refractivity contribution is 6.30. The largest absolute Gasteiger partial charge is 0.462 e. The molecule has 108 valence electrons. The Morgan fingerprint density at radius 1 is 1.15 bits per heavy atom. The number of ether oxygens (including phenoxy) is 2. The van der Waals surface area contributed by atoms with Crippen molar-refractivity contribution in [3.05, 3.63) is 41.1 Å². The lowest BCUT2D eigenvalue weighted by Gasteiger charge is -2.08. The number of hydrogen-bond donors (Lipinski definition) is 1. The Bertz CT molecular complexity index is 496. The molecule has 0 spiro atoms. The maximum absolute atomic E-state index is 11.9. The quantitative estimate of drug-likeness (QED) is 0.670. The highest BCUT2D eigenvalue weighted by Crippen LogP contribution is 2.18. The summed E-state index contributed by atoms with van der Waals surface area (Å²) in [5, 5.41) is 2.93. The third-order valence-corrected chi connectivity index (χ3v) is 2.51.